The van der Waals surface area contributed by atoms with Crippen molar-refractivity contribution in [2.45, 2.75) is 96.4 Å². The highest BCUT2D eigenvalue weighted by Gasteiger charge is 2.62. The summed E-state index contributed by atoms with van der Waals surface area (Å²) in [4.78, 5) is 0. The standard InChI is InChI=1S/C25H41F3O3/c1-15(21(29)25(26,27)28)18-7-8-19-17-6-5-16-13-24(30,14-31-4)12-11-22(16,2)20(17)9-10-23(18,19)3/h15-21,29-30H,5-14H2,1-4H3/t15-,16+,17-,18+,19-,20-,21-,22-,23+,24+/m0/s1. The second-order valence-electron chi connectivity index (χ2n) is 12.1. The number of alkyl halides is 3. The maximum atomic E-state index is 13.2. The molecule has 0 amide bonds. The fourth-order valence-electron chi connectivity index (χ4n) is 9.14. The second-order valence-corrected chi connectivity index (χ2v) is 12.1. The number of hydrogen-bond donors (Lipinski definition) is 2. The molecule has 4 aliphatic rings. The van der Waals surface area contributed by atoms with Gasteiger partial charge >= 0.3 is 6.18 Å². The minimum Gasteiger partial charge on any atom is -0.387 e. The Morgan fingerprint density at radius 2 is 1.65 bits per heavy atom. The van der Waals surface area contributed by atoms with E-state index in [9.17, 15) is 23.4 Å². The molecule has 0 heterocycles. The molecule has 3 nitrogen and oxygen atoms in total. The summed E-state index contributed by atoms with van der Waals surface area (Å²) in [6.07, 6.45) is 1.86. The molecule has 6 heteroatoms. The maximum Gasteiger partial charge on any atom is 0.414 e. The van der Waals surface area contributed by atoms with E-state index in [1.165, 1.54) is 0 Å². The molecular weight excluding hydrogens is 405 g/mol. The molecule has 4 aliphatic carbocycles. The van der Waals surface area contributed by atoms with Crippen LogP contribution in [0.1, 0.15) is 78.6 Å². The van der Waals surface area contributed by atoms with E-state index in [2.05, 4.69) is 13.8 Å². The van der Waals surface area contributed by atoms with E-state index < -0.39 is 23.8 Å². The van der Waals surface area contributed by atoms with E-state index in [0.717, 1.165) is 57.8 Å². The zero-order chi connectivity index (χ0) is 22.8. The van der Waals surface area contributed by atoms with Crippen LogP contribution in [0.5, 0.6) is 0 Å². The molecule has 0 aromatic heterocycles. The van der Waals surface area contributed by atoms with Gasteiger partial charge in [0.2, 0.25) is 0 Å². The van der Waals surface area contributed by atoms with Gasteiger partial charge in [0, 0.05) is 7.11 Å². The molecule has 4 fully saturated rings. The van der Waals surface area contributed by atoms with Gasteiger partial charge in [-0.1, -0.05) is 20.8 Å². The molecule has 0 radical (unpaired) electrons. The summed E-state index contributed by atoms with van der Waals surface area (Å²) in [6, 6.07) is 0. The SMILES string of the molecule is COC[C@@]1(O)CC[C@@]2(C)[C@H](CC[C@@H]3[C@@H]2CC[C@]2(C)[C@@H]([C@H](C)[C@H](O)C(F)(F)F)CC[C@@H]32)C1. The minimum atomic E-state index is -4.54. The lowest BCUT2D eigenvalue weighted by atomic mass is 9.43. The molecule has 0 aromatic rings. The molecule has 10 atom stereocenters. The van der Waals surface area contributed by atoms with Crippen LogP contribution in [0, 0.1) is 46.3 Å². The molecule has 0 saturated heterocycles. The lowest BCUT2D eigenvalue weighted by Crippen LogP contribution is -2.57. The molecule has 4 saturated carbocycles. The topological polar surface area (TPSA) is 49.7 Å². The number of aliphatic hydroxyl groups excluding tert-OH is 1. The van der Waals surface area contributed by atoms with Crippen molar-refractivity contribution < 1.29 is 28.1 Å². The zero-order valence-corrected chi connectivity index (χ0v) is 19.5. The Bertz CT molecular complexity index is 669. The molecule has 0 aliphatic heterocycles. The van der Waals surface area contributed by atoms with Gasteiger partial charge in [-0.25, -0.2) is 0 Å². The number of fused-ring (bicyclic) bond motifs is 5. The first-order valence-electron chi connectivity index (χ1n) is 12.3. The number of aliphatic hydroxyl groups is 2. The monoisotopic (exact) mass is 446 g/mol. The summed E-state index contributed by atoms with van der Waals surface area (Å²) in [6.45, 7) is 6.65. The van der Waals surface area contributed by atoms with Crippen molar-refractivity contribution in [2.75, 3.05) is 13.7 Å². The van der Waals surface area contributed by atoms with E-state index in [-0.39, 0.29) is 16.7 Å². The molecule has 2 N–H and O–H groups in total. The first-order chi connectivity index (χ1) is 14.4. The lowest BCUT2D eigenvalue weighted by Gasteiger charge is -2.62. The van der Waals surface area contributed by atoms with Crippen molar-refractivity contribution in [2.24, 2.45) is 46.3 Å². The van der Waals surface area contributed by atoms with Crippen molar-refractivity contribution in [1.29, 1.82) is 0 Å². The zero-order valence-electron chi connectivity index (χ0n) is 19.5. The minimum absolute atomic E-state index is 0.0706. The maximum absolute atomic E-state index is 13.2. The van der Waals surface area contributed by atoms with E-state index in [1.54, 1.807) is 14.0 Å². The number of methoxy groups -OCH3 is 1. The molecule has 0 bridgehead atoms. The fourth-order valence-corrected chi connectivity index (χ4v) is 9.14. The van der Waals surface area contributed by atoms with Crippen LogP contribution in [0.2, 0.25) is 0 Å². The van der Waals surface area contributed by atoms with Crippen molar-refractivity contribution in [1.82, 2.24) is 0 Å². The van der Waals surface area contributed by atoms with Gasteiger partial charge < -0.3 is 14.9 Å². The van der Waals surface area contributed by atoms with Gasteiger partial charge in [-0.2, -0.15) is 13.2 Å². The predicted octanol–water partition coefficient (Wildman–Crippen LogP) is 5.58. The summed E-state index contributed by atoms with van der Waals surface area (Å²) < 4.78 is 45.0. The van der Waals surface area contributed by atoms with E-state index in [1.807, 2.05) is 0 Å². The van der Waals surface area contributed by atoms with E-state index in [0.29, 0.717) is 30.3 Å². The number of ether oxygens (including phenoxy) is 1. The van der Waals surface area contributed by atoms with Crippen molar-refractivity contribution in [3.05, 3.63) is 0 Å². The van der Waals surface area contributed by atoms with Crippen LogP contribution < -0.4 is 0 Å². The fraction of sp³-hybridized carbons (Fsp3) is 1.00. The third kappa shape index (κ3) is 3.77. The predicted molar refractivity (Wildman–Crippen MR) is 113 cm³/mol. The molecule has 0 unspecified atom stereocenters. The van der Waals surface area contributed by atoms with Crippen molar-refractivity contribution in [3.63, 3.8) is 0 Å². The van der Waals surface area contributed by atoms with Crippen molar-refractivity contribution >= 4 is 0 Å². The van der Waals surface area contributed by atoms with Gasteiger partial charge in [-0.15, -0.1) is 0 Å². The van der Waals surface area contributed by atoms with Crippen LogP contribution in [-0.2, 0) is 4.74 Å². The summed E-state index contributed by atoms with van der Waals surface area (Å²) in [5.74, 6) is 1.29. The molecule has 4 rings (SSSR count). The summed E-state index contributed by atoms with van der Waals surface area (Å²) in [5.41, 5.74) is -0.614. The Hall–Kier alpha value is -0.330. The van der Waals surface area contributed by atoms with Gasteiger partial charge in [0.25, 0.3) is 0 Å². The lowest BCUT2D eigenvalue weighted by molar-refractivity contribution is -0.228. The number of hydrogen-bond acceptors (Lipinski definition) is 3. The van der Waals surface area contributed by atoms with Crippen LogP contribution in [-0.4, -0.2) is 41.8 Å². The van der Waals surface area contributed by atoms with Gasteiger partial charge in [-0.05, 0) is 104 Å². The van der Waals surface area contributed by atoms with Gasteiger partial charge in [0.15, 0.2) is 6.10 Å². The average Bonchev–Trinajstić information content (AvgIpc) is 3.04. The van der Waals surface area contributed by atoms with Gasteiger partial charge in [0.1, 0.15) is 0 Å². The Morgan fingerprint density at radius 3 is 2.29 bits per heavy atom. The largest absolute Gasteiger partial charge is 0.414 e. The van der Waals surface area contributed by atoms with Gasteiger partial charge in [-0.3, -0.25) is 0 Å². The molecular formula is C25H41F3O3. The number of halogens is 3. The van der Waals surface area contributed by atoms with Crippen molar-refractivity contribution in [3.8, 4) is 0 Å². The first kappa shape index (κ1) is 23.8. The van der Waals surface area contributed by atoms with E-state index in [4.69, 9.17) is 4.74 Å². The van der Waals surface area contributed by atoms with Gasteiger partial charge in [0.05, 0.1) is 12.2 Å². The molecule has 0 spiro atoms. The third-order valence-electron chi connectivity index (χ3n) is 10.8. The molecule has 31 heavy (non-hydrogen) atoms. The van der Waals surface area contributed by atoms with Crippen LogP contribution in [0.4, 0.5) is 13.2 Å². The Morgan fingerprint density at radius 1 is 0.968 bits per heavy atom. The molecule has 180 valence electrons. The molecule has 0 aromatic carbocycles. The smallest absolute Gasteiger partial charge is 0.387 e. The highest BCUT2D eigenvalue weighted by Crippen LogP contribution is 2.69. The van der Waals surface area contributed by atoms with Crippen LogP contribution in [0.15, 0.2) is 0 Å². The first-order valence-corrected chi connectivity index (χ1v) is 12.3. The van der Waals surface area contributed by atoms with Crippen LogP contribution in [0.3, 0.4) is 0 Å². The summed E-state index contributed by atoms with van der Waals surface area (Å²) in [5, 5.41) is 21.0. The van der Waals surface area contributed by atoms with Crippen LogP contribution in [0.25, 0.3) is 0 Å². The highest BCUT2D eigenvalue weighted by molar-refractivity contribution is 5.11. The van der Waals surface area contributed by atoms with E-state index >= 15 is 0 Å². The average molecular weight is 447 g/mol. The Labute approximate surface area is 185 Å². The second kappa shape index (κ2) is 7.87. The summed E-state index contributed by atoms with van der Waals surface area (Å²) >= 11 is 0. The Kier molecular flexibility index (Phi) is 6.05. The number of rotatable bonds is 4. The third-order valence-corrected chi connectivity index (χ3v) is 10.8. The quantitative estimate of drug-likeness (QED) is 0.593. The summed E-state index contributed by atoms with van der Waals surface area (Å²) in [7, 11) is 1.65. The van der Waals surface area contributed by atoms with Crippen LogP contribution >= 0.6 is 0 Å². The highest BCUT2D eigenvalue weighted by atomic mass is 19.4. The Balaban J connectivity index is 1.53. The normalized spacial score (nSPS) is 49.6.